The number of amides is 1. The van der Waals surface area contributed by atoms with Gasteiger partial charge >= 0.3 is 0 Å². The van der Waals surface area contributed by atoms with Crippen LogP contribution in [0.25, 0.3) is 0 Å². The summed E-state index contributed by atoms with van der Waals surface area (Å²) < 4.78 is 13.8. The van der Waals surface area contributed by atoms with Crippen molar-refractivity contribution >= 4 is 11.6 Å². The minimum atomic E-state index is 0.102. The summed E-state index contributed by atoms with van der Waals surface area (Å²) in [5.74, 6) is 0.744. The van der Waals surface area contributed by atoms with Crippen molar-refractivity contribution in [1.29, 1.82) is 0 Å². The zero-order chi connectivity index (χ0) is 20.7. The average Bonchev–Trinajstić information content (AvgIpc) is 3.32. The summed E-state index contributed by atoms with van der Waals surface area (Å²) in [7, 11) is 0. The molecule has 2 fully saturated rings. The van der Waals surface area contributed by atoms with Gasteiger partial charge in [0.15, 0.2) is 0 Å². The highest BCUT2D eigenvalue weighted by Gasteiger charge is 2.30. The van der Waals surface area contributed by atoms with Gasteiger partial charge in [-0.05, 0) is 38.0 Å². The second-order valence-corrected chi connectivity index (χ2v) is 8.51. The lowest BCUT2D eigenvalue weighted by Crippen LogP contribution is -2.42. The number of fused-ring (bicyclic) bond motifs is 1. The number of pyridine rings is 1. The molecule has 0 N–H and O–H groups in total. The molecule has 2 aromatic heterocycles. The second kappa shape index (κ2) is 7.87. The van der Waals surface area contributed by atoms with Crippen LogP contribution in [0, 0.1) is 0 Å². The summed E-state index contributed by atoms with van der Waals surface area (Å²) in [6.45, 7) is 7.94. The summed E-state index contributed by atoms with van der Waals surface area (Å²) in [6.07, 6.45) is 6.79. The molecule has 0 spiro atoms. The highest BCUT2D eigenvalue weighted by atomic mass is 16.5. The minimum absolute atomic E-state index is 0.102. The van der Waals surface area contributed by atoms with Gasteiger partial charge in [0.2, 0.25) is 5.88 Å². The number of ether oxygens (including phenoxy) is 2. The Kier molecular flexibility index (Phi) is 5.06. The normalized spacial score (nSPS) is 18.9. The second-order valence-electron chi connectivity index (χ2n) is 8.51. The smallest absolute Gasteiger partial charge is 0.270 e. The van der Waals surface area contributed by atoms with E-state index in [0.717, 1.165) is 73.7 Å². The number of rotatable bonds is 5. The fourth-order valence-corrected chi connectivity index (χ4v) is 4.27. The first-order valence-corrected chi connectivity index (χ1v) is 10.9. The Balaban J connectivity index is 1.49. The molecule has 0 aliphatic carbocycles. The van der Waals surface area contributed by atoms with E-state index in [9.17, 15) is 4.79 Å². The van der Waals surface area contributed by atoms with Crippen LogP contribution in [0.15, 0.2) is 29.5 Å². The number of carbonyl (C=O) groups is 1. The van der Waals surface area contributed by atoms with E-state index in [2.05, 4.69) is 29.6 Å². The van der Waals surface area contributed by atoms with Crippen LogP contribution in [0.2, 0.25) is 0 Å². The zero-order valence-corrected chi connectivity index (χ0v) is 17.6. The topological polar surface area (TPSA) is 69.0 Å². The number of nitrogens with zero attached hydrogens (tertiary/aromatic N) is 4. The molecule has 7 heteroatoms. The number of hydrogen-bond acceptors (Lipinski definition) is 5. The Morgan fingerprint density at radius 1 is 1.27 bits per heavy atom. The molecule has 5 rings (SSSR count). The molecule has 3 aliphatic heterocycles. The van der Waals surface area contributed by atoms with Crippen LogP contribution in [-0.2, 0) is 11.3 Å². The predicted molar refractivity (Wildman–Crippen MR) is 113 cm³/mol. The maximum atomic E-state index is 13.0. The molecule has 0 aromatic carbocycles. The van der Waals surface area contributed by atoms with Crippen molar-refractivity contribution in [1.82, 2.24) is 14.5 Å². The van der Waals surface area contributed by atoms with Gasteiger partial charge in [-0.2, -0.15) is 0 Å². The van der Waals surface area contributed by atoms with Crippen LogP contribution >= 0.6 is 0 Å². The zero-order valence-electron chi connectivity index (χ0n) is 17.6. The SMILES string of the molecule is CC(C)n1cc(C2=NCc3ccnc(OC4CCOCC4)c32)cc1C(=O)N1CCC1. The van der Waals surface area contributed by atoms with Gasteiger partial charge in [-0.15, -0.1) is 0 Å². The minimum Gasteiger partial charge on any atom is -0.474 e. The van der Waals surface area contributed by atoms with E-state index in [0.29, 0.717) is 12.4 Å². The fraction of sp³-hybridized carbons (Fsp3) is 0.522. The molecule has 30 heavy (non-hydrogen) atoms. The summed E-state index contributed by atoms with van der Waals surface area (Å²) in [5, 5.41) is 0. The molecule has 1 amide bonds. The van der Waals surface area contributed by atoms with Crippen LogP contribution in [0.4, 0.5) is 0 Å². The largest absolute Gasteiger partial charge is 0.474 e. The first-order chi connectivity index (χ1) is 14.6. The number of aromatic nitrogens is 2. The summed E-state index contributed by atoms with van der Waals surface area (Å²) >= 11 is 0. The van der Waals surface area contributed by atoms with Crippen LogP contribution < -0.4 is 4.74 Å². The van der Waals surface area contributed by atoms with Crippen molar-refractivity contribution in [2.24, 2.45) is 4.99 Å². The summed E-state index contributed by atoms with van der Waals surface area (Å²) in [4.78, 5) is 24.2. The third-order valence-electron chi connectivity index (χ3n) is 6.13. The third kappa shape index (κ3) is 3.41. The number of hydrogen-bond donors (Lipinski definition) is 0. The number of carbonyl (C=O) groups excluding carboxylic acids is 1. The molecule has 0 atom stereocenters. The Morgan fingerprint density at radius 2 is 2.07 bits per heavy atom. The van der Waals surface area contributed by atoms with Crippen LogP contribution in [0.3, 0.4) is 0 Å². The van der Waals surface area contributed by atoms with Crippen LogP contribution in [0.5, 0.6) is 5.88 Å². The van der Waals surface area contributed by atoms with E-state index >= 15 is 0 Å². The predicted octanol–water partition coefficient (Wildman–Crippen LogP) is 3.22. The highest BCUT2D eigenvalue weighted by Crippen LogP contribution is 2.32. The Hall–Kier alpha value is -2.67. The quantitative estimate of drug-likeness (QED) is 0.762. The molecule has 7 nitrogen and oxygen atoms in total. The van der Waals surface area contributed by atoms with Gasteiger partial charge in [-0.3, -0.25) is 9.79 Å². The molecule has 158 valence electrons. The maximum Gasteiger partial charge on any atom is 0.270 e. The van der Waals surface area contributed by atoms with E-state index < -0.39 is 0 Å². The summed E-state index contributed by atoms with van der Waals surface area (Å²) in [6, 6.07) is 4.18. The molecule has 5 heterocycles. The molecule has 0 saturated carbocycles. The van der Waals surface area contributed by atoms with E-state index in [4.69, 9.17) is 14.5 Å². The Labute approximate surface area is 176 Å². The lowest BCUT2D eigenvalue weighted by atomic mass is 10.0. The van der Waals surface area contributed by atoms with Gasteiger partial charge < -0.3 is 18.9 Å². The maximum absolute atomic E-state index is 13.0. The summed E-state index contributed by atoms with van der Waals surface area (Å²) in [5.41, 5.74) is 4.64. The first-order valence-electron chi connectivity index (χ1n) is 10.9. The first kappa shape index (κ1) is 19.3. The van der Waals surface area contributed by atoms with E-state index in [1.807, 2.05) is 17.0 Å². The van der Waals surface area contributed by atoms with Gasteiger partial charge in [0, 0.05) is 49.9 Å². The molecule has 0 bridgehead atoms. The van der Waals surface area contributed by atoms with E-state index in [-0.39, 0.29) is 18.1 Å². The van der Waals surface area contributed by atoms with Crippen molar-refractivity contribution in [2.75, 3.05) is 26.3 Å². The van der Waals surface area contributed by atoms with E-state index in [1.165, 1.54) is 0 Å². The average molecular weight is 409 g/mol. The molecule has 0 unspecified atom stereocenters. The van der Waals surface area contributed by atoms with Gasteiger partial charge in [-0.1, -0.05) is 0 Å². The van der Waals surface area contributed by atoms with Gasteiger partial charge in [0.1, 0.15) is 11.8 Å². The number of likely N-dealkylation sites (tertiary alicyclic amines) is 1. The van der Waals surface area contributed by atoms with Crippen LogP contribution in [0.1, 0.15) is 66.3 Å². The van der Waals surface area contributed by atoms with Crippen molar-refractivity contribution in [2.45, 2.75) is 51.8 Å². The molecular formula is C23H28N4O3. The monoisotopic (exact) mass is 408 g/mol. The Bertz CT molecular complexity index is 984. The third-order valence-corrected chi connectivity index (χ3v) is 6.13. The molecular weight excluding hydrogens is 380 g/mol. The van der Waals surface area contributed by atoms with E-state index in [1.54, 1.807) is 6.20 Å². The van der Waals surface area contributed by atoms with Crippen molar-refractivity contribution in [3.8, 4) is 5.88 Å². The van der Waals surface area contributed by atoms with Crippen molar-refractivity contribution < 1.29 is 14.3 Å². The number of aliphatic imine (C=N–C) groups is 1. The molecule has 3 aliphatic rings. The van der Waals surface area contributed by atoms with Crippen molar-refractivity contribution in [3.05, 3.63) is 46.9 Å². The lowest BCUT2D eigenvalue weighted by molar-refractivity contribution is 0.0236. The standard InChI is InChI=1S/C23H28N4O3/c1-15(2)27-14-17(12-19(27)23(28)26-8-3-9-26)21-20-16(13-25-21)4-7-24-22(20)30-18-5-10-29-11-6-18/h4,7,12,14-15,18H,3,5-6,8-11,13H2,1-2H3. The van der Waals surface area contributed by atoms with Gasteiger partial charge in [0.05, 0.1) is 31.0 Å². The molecule has 0 radical (unpaired) electrons. The van der Waals surface area contributed by atoms with Gasteiger partial charge in [-0.25, -0.2) is 4.98 Å². The van der Waals surface area contributed by atoms with Crippen molar-refractivity contribution in [3.63, 3.8) is 0 Å². The van der Waals surface area contributed by atoms with Gasteiger partial charge in [0.25, 0.3) is 5.91 Å². The Morgan fingerprint density at radius 3 is 2.77 bits per heavy atom. The fourth-order valence-electron chi connectivity index (χ4n) is 4.27. The molecule has 2 aromatic rings. The molecule has 2 saturated heterocycles. The highest BCUT2D eigenvalue weighted by molar-refractivity contribution is 6.17. The van der Waals surface area contributed by atoms with Crippen LogP contribution in [-0.4, -0.2) is 58.5 Å². The lowest BCUT2D eigenvalue weighted by Gasteiger charge is -2.31.